The third-order valence-electron chi connectivity index (χ3n) is 4.05. The van der Waals surface area contributed by atoms with Gasteiger partial charge in [0.25, 0.3) is 0 Å². The van der Waals surface area contributed by atoms with Gasteiger partial charge < -0.3 is 5.73 Å². The summed E-state index contributed by atoms with van der Waals surface area (Å²) in [7, 11) is 0. The van der Waals surface area contributed by atoms with Gasteiger partial charge in [0.05, 0.1) is 5.56 Å². The lowest BCUT2D eigenvalue weighted by molar-refractivity contribution is -0.137. The van der Waals surface area contributed by atoms with Crippen LogP contribution in [0.2, 0.25) is 0 Å². The Morgan fingerprint density at radius 1 is 0.833 bits per heavy atom. The second-order valence-electron chi connectivity index (χ2n) is 6.24. The molecule has 0 radical (unpaired) electrons. The van der Waals surface area contributed by atoms with E-state index in [-0.39, 0.29) is 5.54 Å². The standard InChI is InChI=1S/C20H22F3N/c1-3-14-19(2,24)17-10-6-15(7-11-17)4-5-16-8-12-18(13-9-16)20(21,22)23/h4-13H,3,14,24H2,1-2H3/b5-4+. The van der Waals surface area contributed by atoms with Crippen molar-refractivity contribution in [2.45, 2.75) is 38.4 Å². The van der Waals surface area contributed by atoms with E-state index < -0.39 is 11.7 Å². The molecule has 2 aromatic carbocycles. The molecule has 0 aromatic heterocycles. The molecule has 2 aromatic rings. The van der Waals surface area contributed by atoms with Crippen molar-refractivity contribution in [3.05, 3.63) is 70.8 Å². The Morgan fingerprint density at radius 2 is 1.25 bits per heavy atom. The van der Waals surface area contributed by atoms with Gasteiger partial charge in [0.15, 0.2) is 0 Å². The molecule has 0 bridgehead atoms. The minimum Gasteiger partial charge on any atom is -0.322 e. The summed E-state index contributed by atoms with van der Waals surface area (Å²) < 4.78 is 37.6. The first kappa shape index (κ1) is 18.3. The highest BCUT2D eigenvalue weighted by atomic mass is 19.4. The van der Waals surface area contributed by atoms with E-state index in [1.807, 2.05) is 37.3 Å². The second kappa shape index (κ2) is 7.22. The van der Waals surface area contributed by atoms with Crippen LogP contribution in [0.1, 0.15) is 48.9 Å². The number of alkyl halides is 3. The minimum absolute atomic E-state index is 0.343. The SMILES string of the molecule is CCCC(C)(N)c1ccc(/C=C/c2ccc(C(F)(F)F)cc2)cc1. The van der Waals surface area contributed by atoms with E-state index in [4.69, 9.17) is 5.73 Å². The molecule has 0 fully saturated rings. The van der Waals surface area contributed by atoms with Crippen LogP contribution in [0.5, 0.6) is 0 Å². The number of benzene rings is 2. The summed E-state index contributed by atoms with van der Waals surface area (Å²) in [6, 6.07) is 13.1. The molecule has 1 unspecified atom stereocenters. The molecule has 0 spiro atoms. The fourth-order valence-corrected chi connectivity index (χ4v) is 2.61. The number of hydrogen-bond acceptors (Lipinski definition) is 1. The molecule has 0 aliphatic heterocycles. The maximum Gasteiger partial charge on any atom is 0.416 e. The van der Waals surface area contributed by atoms with Crippen LogP contribution >= 0.6 is 0 Å². The zero-order valence-corrected chi connectivity index (χ0v) is 13.9. The molecule has 2 rings (SSSR count). The summed E-state index contributed by atoms with van der Waals surface area (Å²) in [6.07, 6.45) is 1.30. The Bertz CT molecular complexity index is 680. The van der Waals surface area contributed by atoms with Gasteiger partial charge in [-0.25, -0.2) is 0 Å². The van der Waals surface area contributed by atoms with E-state index in [1.165, 1.54) is 12.1 Å². The van der Waals surface area contributed by atoms with Crippen molar-refractivity contribution in [2.75, 3.05) is 0 Å². The average Bonchev–Trinajstić information content (AvgIpc) is 2.53. The molecule has 0 saturated heterocycles. The van der Waals surface area contributed by atoms with E-state index in [0.29, 0.717) is 0 Å². The van der Waals surface area contributed by atoms with Crippen LogP contribution in [0.15, 0.2) is 48.5 Å². The minimum atomic E-state index is -4.30. The quantitative estimate of drug-likeness (QED) is 0.682. The van der Waals surface area contributed by atoms with Crippen molar-refractivity contribution in [1.82, 2.24) is 0 Å². The molecule has 24 heavy (non-hydrogen) atoms. The Morgan fingerprint density at radius 3 is 1.62 bits per heavy atom. The largest absolute Gasteiger partial charge is 0.416 e. The molecule has 0 aliphatic rings. The van der Waals surface area contributed by atoms with E-state index in [1.54, 1.807) is 6.08 Å². The van der Waals surface area contributed by atoms with E-state index in [0.717, 1.165) is 41.7 Å². The van der Waals surface area contributed by atoms with Crippen molar-refractivity contribution >= 4 is 12.2 Å². The van der Waals surface area contributed by atoms with E-state index in [2.05, 4.69) is 6.92 Å². The van der Waals surface area contributed by atoms with Crippen LogP contribution in [-0.4, -0.2) is 0 Å². The molecule has 2 N–H and O–H groups in total. The van der Waals surface area contributed by atoms with E-state index >= 15 is 0 Å². The highest BCUT2D eigenvalue weighted by molar-refractivity contribution is 5.69. The number of nitrogens with two attached hydrogens (primary N) is 1. The summed E-state index contributed by atoms with van der Waals surface area (Å²) in [6.45, 7) is 4.12. The highest BCUT2D eigenvalue weighted by Crippen LogP contribution is 2.29. The van der Waals surface area contributed by atoms with Gasteiger partial charge in [0.1, 0.15) is 0 Å². The molecule has 128 valence electrons. The second-order valence-corrected chi connectivity index (χ2v) is 6.24. The first-order valence-corrected chi connectivity index (χ1v) is 7.97. The topological polar surface area (TPSA) is 26.0 Å². The molecular formula is C20H22F3N. The van der Waals surface area contributed by atoms with Gasteiger partial charge in [-0.1, -0.05) is 61.9 Å². The van der Waals surface area contributed by atoms with Crippen LogP contribution in [0.25, 0.3) is 12.2 Å². The predicted molar refractivity (Wildman–Crippen MR) is 93.3 cm³/mol. The summed E-state index contributed by atoms with van der Waals surface area (Å²) in [4.78, 5) is 0. The van der Waals surface area contributed by atoms with E-state index in [9.17, 15) is 13.2 Å². The van der Waals surface area contributed by atoms with Gasteiger partial charge >= 0.3 is 6.18 Å². The van der Waals surface area contributed by atoms with Crippen molar-refractivity contribution < 1.29 is 13.2 Å². The van der Waals surface area contributed by atoms with Gasteiger partial charge in [-0.2, -0.15) is 13.2 Å². The summed E-state index contributed by atoms with van der Waals surface area (Å²) in [5, 5.41) is 0. The lowest BCUT2D eigenvalue weighted by atomic mass is 9.88. The predicted octanol–water partition coefficient (Wildman–Crippen LogP) is 5.85. The van der Waals surface area contributed by atoms with Crippen molar-refractivity contribution in [1.29, 1.82) is 0 Å². The van der Waals surface area contributed by atoms with Gasteiger partial charge in [0, 0.05) is 5.54 Å². The third-order valence-corrected chi connectivity index (χ3v) is 4.05. The highest BCUT2D eigenvalue weighted by Gasteiger charge is 2.29. The Kier molecular flexibility index (Phi) is 5.50. The molecule has 0 saturated carbocycles. The maximum absolute atomic E-state index is 12.5. The van der Waals surface area contributed by atoms with Crippen LogP contribution in [0.3, 0.4) is 0 Å². The molecule has 4 heteroatoms. The molecule has 1 atom stereocenters. The van der Waals surface area contributed by atoms with Crippen LogP contribution in [-0.2, 0) is 11.7 Å². The number of hydrogen-bond donors (Lipinski definition) is 1. The monoisotopic (exact) mass is 333 g/mol. The third kappa shape index (κ3) is 4.71. The van der Waals surface area contributed by atoms with Gasteiger partial charge in [0.2, 0.25) is 0 Å². The van der Waals surface area contributed by atoms with Gasteiger partial charge in [-0.15, -0.1) is 0 Å². The van der Waals surface area contributed by atoms with Gasteiger partial charge in [-0.3, -0.25) is 0 Å². The Labute approximate surface area is 141 Å². The van der Waals surface area contributed by atoms with Crippen molar-refractivity contribution in [3.63, 3.8) is 0 Å². The summed E-state index contributed by atoms with van der Waals surface area (Å²) in [5.74, 6) is 0. The average molecular weight is 333 g/mol. The van der Waals surface area contributed by atoms with Crippen LogP contribution in [0, 0.1) is 0 Å². The zero-order valence-electron chi connectivity index (χ0n) is 13.9. The number of halogens is 3. The normalized spacial score (nSPS) is 14.8. The summed E-state index contributed by atoms with van der Waals surface area (Å²) >= 11 is 0. The van der Waals surface area contributed by atoms with Crippen molar-refractivity contribution in [2.24, 2.45) is 5.73 Å². The smallest absolute Gasteiger partial charge is 0.322 e. The van der Waals surface area contributed by atoms with Crippen LogP contribution < -0.4 is 5.73 Å². The molecule has 0 aliphatic carbocycles. The lowest BCUT2D eigenvalue weighted by Crippen LogP contribution is -2.32. The molecule has 0 amide bonds. The van der Waals surface area contributed by atoms with Crippen LogP contribution in [0.4, 0.5) is 13.2 Å². The molecular weight excluding hydrogens is 311 g/mol. The maximum atomic E-state index is 12.5. The lowest BCUT2D eigenvalue weighted by Gasteiger charge is -2.24. The first-order chi connectivity index (χ1) is 11.2. The van der Waals surface area contributed by atoms with Crippen molar-refractivity contribution in [3.8, 4) is 0 Å². The fourth-order valence-electron chi connectivity index (χ4n) is 2.61. The van der Waals surface area contributed by atoms with Gasteiger partial charge in [-0.05, 0) is 42.2 Å². The first-order valence-electron chi connectivity index (χ1n) is 7.97. The fraction of sp³-hybridized carbons (Fsp3) is 0.300. The zero-order chi connectivity index (χ0) is 17.8. The molecule has 1 nitrogen and oxygen atoms in total. The summed E-state index contributed by atoms with van der Waals surface area (Å²) in [5.41, 5.74) is 8.10. The Hall–Kier alpha value is -2.07. The Balaban J connectivity index is 2.09. The number of rotatable bonds is 5. The molecule has 0 heterocycles.